The molecule has 2 fully saturated rings. The fourth-order valence-corrected chi connectivity index (χ4v) is 3.98. The highest BCUT2D eigenvalue weighted by Gasteiger charge is 2.65. The zero-order chi connectivity index (χ0) is 13.0. The van der Waals surface area contributed by atoms with Gasteiger partial charge in [0.2, 0.25) is 0 Å². The highest BCUT2D eigenvalue weighted by molar-refractivity contribution is 5.42. The minimum Gasteiger partial charge on any atom is -0.385 e. The highest BCUT2D eigenvalue weighted by atomic mass is 16.3. The fraction of sp³-hybridized carbons (Fsp3) is 0.647. The summed E-state index contributed by atoms with van der Waals surface area (Å²) in [5, 5.41) is 11.1. The first-order valence-electron chi connectivity index (χ1n) is 7.28. The molecule has 0 heterocycles. The van der Waals surface area contributed by atoms with Crippen LogP contribution < -0.4 is 0 Å². The minimum atomic E-state index is -0.514. The third-order valence-electron chi connectivity index (χ3n) is 4.95. The zero-order valence-corrected chi connectivity index (χ0v) is 11.7. The molecule has 0 aromatic heterocycles. The molecule has 0 saturated heterocycles. The van der Waals surface area contributed by atoms with Gasteiger partial charge in [-0.05, 0) is 41.2 Å². The van der Waals surface area contributed by atoms with Gasteiger partial charge in [-0.1, -0.05) is 57.9 Å². The lowest BCUT2D eigenvalue weighted by molar-refractivity contribution is 0.116. The van der Waals surface area contributed by atoms with Crippen LogP contribution in [0.5, 0.6) is 0 Å². The molecule has 2 unspecified atom stereocenters. The summed E-state index contributed by atoms with van der Waals surface area (Å²) in [6.45, 7) is 6.71. The standard InChI is InChI=1S/C17H24O/c1-16(2,3)12-8-4-5-9-13(12)17(18)14-10-6-7-11-15(14)17/h4-5,8-9,14-15,18H,6-7,10-11H2,1-3H3. The van der Waals surface area contributed by atoms with Gasteiger partial charge in [-0.15, -0.1) is 0 Å². The van der Waals surface area contributed by atoms with Crippen molar-refractivity contribution in [3.8, 4) is 0 Å². The van der Waals surface area contributed by atoms with Crippen LogP contribution in [-0.2, 0) is 11.0 Å². The lowest BCUT2D eigenvalue weighted by Gasteiger charge is -2.26. The van der Waals surface area contributed by atoms with Crippen molar-refractivity contribution in [1.29, 1.82) is 0 Å². The third-order valence-corrected chi connectivity index (χ3v) is 4.95. The molecule has 2 aliphatic carbocycles. The number of hydrogen-bond acceptors (Lipinski definition) is 1. The Labute approximate surface area is 110 Å². The van der Waals surface area contributed by atoms with E-state index in [4.69, 9.17) is 0 Å². The number of aliphatic hydroxyl groups is 1. The smallest absolute Gasteiger partial charge is 0.0963 e. The molecule has 2 saturated carbocycles. The van der Waals surface area contributed by atoms with Crippen molar-refractivity contribution < 1.29 is 5.11 Å². The molecule has 18 heavy (non-hydrogen) atoms. The van der Waals surface area contributed by atoms with Gasteiger partial charge in [0, 0.05) is 0 Å². The Morgan fingerprint density at radius 3 is 2.17 bits per heavy atom. The molecule has 0 aliphatic heterocycles. The third kappa shape index (κ3) is 1.64. The van der Waals surface area contributed by atoms with E-state index in [0.29, 0.717) is 11.8 Å². The second kappa shape index (κ2) is 3.84. The summed E-state index contributed by atoms with van der Waals surface area (Å²) in [5.74, 6) is 1.05. The Balaban J connectivity index is 2.03. The van der Waals surface area contributed by atoms with E-state index in [0.717, 1.165) is 0 Å². The average molecular weight is 244 g/mol. The largest absolute Gasteiger partial charge is 0.385 e. The summed E-state index contributed by atoms with van der Waals surface area (Å²) in [5.41, 5.74) is 2.12. The van der Waals surface area contributed by atoms with E-state index >= 15 is 0 Å². The van der Waals surface area contributed by atoms with Crippen molar-refractivity contribution in [2.75, 3.05) is 0 Å². The molecule has 3 rings (SSSR count). The van der Waals surface area contributed by atoms with Crippen molar-refractivity contribution in [3.05, 3.63) is 35.4 Å². The molecule has 0 amide bonds. The summed E-state index contributed by atoms with van der Waals surface area (Å²) in [6, 6.07) is 8.52. The van der Waals surface area contributed by atoms with Gasteiger partial charge in [0.15, 0.2) is 0 Å². The lowest BCUT2D eigenvalue weighted by atomic mass is 9.81. The summed E-state index contributed by atoms with van der Waals surface area (Å²) in [4.78, 5) is 0. The van der Waals surface area contributed by atoms with Crippen molar-refractivity contribution in [3.63, 3.8) is 0 Å². The van der Waals surface area contributed by atoms with Crippen LogP contribution in [0.2, 0.25) is 0 Å². The van der Waals surface area contributed by atoms with Crippen LogP contribution in [0.3, 0.4) is 0 Å². The van der Waals surface area contributed by atoms with E-state index in [1.807, 2.05) is 0 Å². The summed E-state index contributed by atoms with van der Waals surface area (Å²) in [7, 11) is 0. The monoisotopic (exact) mass is 244 g/mol. The van der Waals surface area contributed by atoms with Crippen LogP contribution in [0.25, 0.3) is 0 Å². The van der Waals surface area contributed by atoms with Gasteiger partial charge in [0.1, 0.15) is 0 Å². The van der Waals surface area contributed by atoms with E-state index in [-0.39, 0.29) is 5.41 Å². The Morgan fingerprint density at radius 2 is 1.61 bits per heavy atom. The molecule has 2 aliphatic rings. The van der Waals surface area contributed by atoms with Gasteiger partial charge >= 0.3 is 0 Å². The van der Waals surface area contributed by atoms with Gasteiger partial charge < -0.3 is 5.11 Å². The lowest BCUT2D eigenvalue weighted by Crippen LogP contribution is -2.21. The molecule has 1 nitrogen and oxygen atoms in total. The Morgan fingerprint density at radius 1 is 1.06 bits per heavy atom. The predicted molar refractivity (Wildman–Crippen MR) is 74.5 cm³/mol. The van der Waals surface area contributed by atoms with Crippen LogP contribution in [-0.4, -0.2) is 5.11 Å². The number of rotatable bonds is 1. The van der Waals surface area contributed by atoms with Crippen molar-refractivity contribution in [2.24, 2.45) is 11.8 Å². The zero-order valence-electron chi connectivity index (χ0n) is 11.7. The SMILES string of the molecule is CC(C)(C)c1ccccc1C1(O)C2CCCCC21. The predicted octanol–water partition coefficient (Wildman–Crippen LogP) is 3.99. The van der Waals surface area contributed by atoms with E-state index in [1.165, 1.54) is 36.8 Å². The second-order valence-corrected chi connectivity index (χ2v) is 7.12. The van der Waals surface area contributed by atoms with E-state index in [2.05, 4.69) is 45.0 Å². The molecule has 0 bridgehead atoms. The normalized spacial score (nSPS) is 35.1. The van der Waals surface area contributed by atoms with Gasteiger partial charge in [-0.25, -0.2) is 0 Å². The van der Waals surface area contributed by atoms with Crippen LogP contribution in [0, 0.1) is 11.8 Å². The Bertz CT molecular complexity index is 443. The van der Waals surface area contributed by atoms with Crippen LogP contribution in [0.4, 0.5) is 0 Å². The van der Waals surface area contributed by atoms with Crippen LogP contribution in [0.1, 0.15) is 57.6 Å². The molecule has 1 heteroatoms. The average Bonchev–Trinajstić information content (AvgIpc) is 2.96. The molecular formula is C17H24O. The molecule has 0 spiro atoms. The van der Waals surface area contributed by atoms with Crippen molar-refractivity contribution in [2.45, 2.75) is 57.5 Å². The van der Waals surface area contributed by atoms with Crippen molar-refractivity contribution in [1.82, 2.24) is 0 Å². The fourth-order valence-electron chi connectivity index (χ4n) is 3.98. The van der Waals surface area contributed by atoms with E-state index in [9.17, 15) is 5.11 Å². The first kappa shape index (κ1) is 12.2. The van der Waals surface area contributed by atoms with Gasteiger partial charge in [0.05, 0.1) is 5.60 Å². The minimum absolute atomic E-state index is 0.109. The topological polar surface area (TPSA) is 20.2 Å². The maximum absolute atomic E-state index is 11.1. The maximum atomic E-state index is 11.1. The first-order valence-corrected chi connectivity index (χ1v) is 7.28. The molecule has 1 N–H and O–H groups in total. The van der Waals surface area contributed by atoms with Gasteiger partial charge in [-0.2, -0.15) is 0 Å². The molecular weight excluding hydrogens is 220 g/mol. The van der Waals surface area contributed by atoms with Crippen LogP contribution in [0.15, 0.2) is 24.3 Å². The first-order chi connectivity index (χ1) is 8.45. The van der Waals surface area contributed by atoms with Gasteiger partial charge in [-0.3, -0.25) is 0 Å². The van der Waals surface area contributed by atoms with E-state index < -0.39 is 5.60 Å². The Hall–Kier alpha value is -0.820. The molecule has 0 radical (unpaired) electrons. The summed E-state index contributed by atoms with van der Waals surface area (Å²) >= 11 is 0. The molecule has 1 aromatic carbocycles. The number of benzene rings is 1. The summed E-state index contributed by atoms with van der Waals surface area (Å²) in [6.07, 6.45) is 5.00. The molecule has 1 aromatic rings. The molecule has 98 valence electrons. The Kier molecular flexibility index (Phi) is 2.60. The number of fused-ring (bicyclic) bond motifs is 1. The van der Waals surface area contributed by atoms with Gasteiger partial charge in [0.25, 0.3) is 0 Å². The van der Waals surface area contributed by atoms with Crippen LogP contribution >= 0.6 is 0 Å². The quantitative estimate of drug-likeness (QED) is 0.792. The second-order valence-electron chi connectivity index (χ2n) is 7.12. The summed E-state index contributed by atoms with van der Waals surface area (Å²) < 4.78 is 0. The molecule has 2 atom stereocenters. The van der Waals surface area contributed by atoms with E-state index in [1.54, 1.807) is 0 Å². The number of hydrogen-bond donors (Lipinski definition) is 1. The van der Waals surface area contributed by atoms with Crippen molar-refractivity contribution >= 4 is 0 Å². The highest BCUT2D eigenvalue weighted by Crippen LogP contribution is 2.65. The maximum Gasteiger partial charge on any atom is 0.0963 e.